The molecule has 1 rings (SSSR count). The molecular weight excluding hydrogens is 302 g/mol. The number of rotatable bonds is 8. The van der Waals surface area contributed by atoms with Gasteiger partial charge in [-0.1, -0.05) is 34.1 Å². The molecular formula is C16H26BrNO. The first-order chi connectivity index (χ1) is 8.98. The number of ether oxygens (including phenoxy) is 1. The quantitative estimate of drug-likeness (QED) is 0.778. The monoisotopic (exact) mass is 327 g/mol. The molecule has 0 saturated carbocycles. The average molecular weight is 328 g/mol. The van der Waals surface area contributed by atoms with E-state index in [4.69, 9.17) is 4.74 Å². The molecule has 1 atom stereocenters. The van der Waals surface area contributed by atoms with E-state index in [0.29, 0.717) is 5.92 Å². The van der Waals surface area contributed by atoms with E-state index < -0.39 is 0 Å². The maximum atomic E-state index is 5.51. The minimum Gasteiger partial charge on any atom is -0.379 e. The number of halogens is 1. The second-order valence-corrected chi connectivity index (χ2v) is 6.58. The summed E-state index contributed by atoms with van der Waals surface area (Å²) in [7, 11) is 3.81. The fourth-order valence-electron chi connectivity index (χ4n) is 2.19. The second kappa shape index (κ2) is 8.03. The summed E-state index contributed by atoms with van der Waals surface area (Å²) in [6.45, 7) is 5.35. The molecule has 1 aromatic rings. The van der Waals surface area contributed by atoms with Gasteiger partial charge in [0.1, 0.15) is 0 Å². The van der Waals surface area contributed by atoms with E-state index in [0.717, 1.165) is 19.4 Å². The summed E-state index contributed by atoms with van der Waals surface area (Å²) < 4.78 is 6.72. The highest BCUT2D eigenvalue weighted by atomic mass is 79.9. The van der Waals surface area contributed by atoms with Crippen LogP contribution in [0.25, 0.3) is 0 Å². The molecule has 0 aliphatic rings. The van der Waals surface area contributed by atoms with Gasteiger partial charge in [-0.3, -0.25) is 0 Å². The Kier molecular flexibility index (Phi) is 7.05. The van der Waals surface area contributed by atoms with Crippen molar-refractivity contribution in [3.05, 3.63) is 34.3 Å². The highest BCUT2D eigenvalue weighted by molar-refractivity contribution is 9.10. The molecule has 1 unspecified atom stereocenters. The van der Waals surface area contributed by atoms with Crippen LogP contribution in [-0.2, 0) is 11.2 Å². The van der Waals surface area contributed by atoms with Gasteiger partial charge in [-0.25, -0.2) is 0 Å². The molecule has 0 spiro atoms. The summed E-state index contributed by atoms with van der Waals surface area (Å²) in [5.74, 6) is 0.637. The summed E-state index contributed by atoms with van der Waals surface area (Å²) >= 11 is 3.64. The largest absolute Gasteiger partial charge is 0.379 e. The maximum absolute atomic E-state index is 5.51. The first-order valence-corrected chi connectivity index (χ1v) is 7.71. The molecule has 0 heterocycles. The third kappa shape index (κ3) is 6.07. The Morgan fingerprint density at radius 2 is 2.00 bits per heavy atom. The zero-order valence-electron chi connectivity index (χ0n) is 12.5. The zero-order valence-corrected chi connectivity index (χ0v) is 14.1. The smallest absolute Gasteiger partial charge is 0.0622 e. The van der Waals surface area contributed by atoms with Crippen LogP contribution in [-0.4, -0.2) is 26.3 Å². The molecule has 0 fully saturated rings. The van der Waals surface area contributed by atoms with Crippen LogP contribution in [0.3, 0.4) is 0 Å². The lowest BCUT2D eigenvalue weighted by molar-refractivity contribution is 0.0104. The summed E-state index contributed by atoms with van der Waals surface area (Å²) in [6, 6.07) is 8.49. The van der Waals surface area contributed by atoms with Gasteiger partial charge in [-0.15, -0.1) is 0 Å². The molecule has 0 saturated heterocycles. The lowest BCUT2D eigenvalue weighted by Gasteiger charge is -2.26. The molecule has 2 nitrogen and oxygen atoms in total. The van der Waals surface area contributed by atoms with Gasteiger partial charge in [-0.05, 0) is 64.3 Å². The van der Waals surface area contributed by atoms with E-state index >= 15 is 0 Å². The second-order valence-electron chi connectivity index (χ2n) is 5.72. The molecule has 19 heavy (non-hydrogen) atoms. The van der Waals surface area contributed by atoms with Crippen LogP contribution in [0.5, 0.6) is 0 Å². The van der Waals surface area contributed by atoms with Crippen LogP contribution in [0.2, 0.25) is 0 Å². The van der Waals surface area contributed by atoms with E-state index in [-0.39, 0.29) is 5.60 Å². The summed E-state index contributed by atoms with van der Waals surface area (Å²) in [6.07, 6.45) is 3.35. The first kappa shape index (κ1) is 16.7. The van der Waals surface area contributed by atoms with Gasteiger partial charge in [0.25, 0.3) is 0 Å². The summed E-state index contributed by atoms with van der Waals surface area (Å²) in [5.41, 5.74) is 1.36. The van der Waals surface area contributed by atoms with Gasteiger partial charge >= 0.3 is 0 Å². The minimum atomic E-state index is -0.0279. The zero-order chi connectivity index (χ0) is 14.3. The average Bonchev–Trinajstić information content (AvgIpc) is 2.39. The standard InChI is InChI=1S/C16H26BrNO/c1-16(2,19-4)10-9-13(12-18-3)11-14-7-5-6-8-15(14)17/h5-8,13,18H,9-12H2,1-4H3. The summed E-state index contributed by atoms with van der Waals surface area (Å²) in [4.78, 5) is 0. The molecule has 0 radical (unpaired) electrons. The number of methoxy groups -OCH3 is 1. The van der Waals surface area contributed by atoms with Crippen molar-refractivity contribution < 1.29 is 4.74 Å². The van der Waals surface area contributed by atoms with Crippen molar-refractivity contribution in [1.82, 2.24) is 5.32 Å². The van der Waals surface area contributed by atoms with Crippen LogP contribution in [0, 0.1) is 5.92 Å². The van der Waals surface area contributed by atoms with Gasteiger partial charge in [0.2, 0.25) is 0 Å². The molecule has 3 heteroatoms. The van der Waals surface area contributed by atoms with Gasteiger partial charge in [-0.2, -0.15) is 0 Å². The molecule has 0 aliphatic carbocycles. The molecule has 0 amide bonds. The van der Waals surface area contributed by atoms with E-state index in [1.54, 1.807) is 7.11 Å². The molecule has 1 aromatic carbocycles. The molecule has 0 aromatic heterocycles. The Morgan fingerprint density at radius 3 is 2.58 bits per heavy atom. The summed E-state index contributed by atoms with van der Waals surface area (Å²) in [5, 5.41) is 3.31. The molecule has 0 bridgehead atoms. The van der Waals surface area contributed by atoms with Crippen molar-refractivity contribution in [3.8, 4) is 0 Å². The number of benzene rings is 1. The SMILES string of the molecule is CNCC(CCC(C)(C)OC)Cc1ccccc1Br. The predicted octanol–water partition coefficient (Wildman–Crippen LogP) is 4.03. The van der Waals surface area contributed by atoms with Crippen LogP contribution in [0.4, 0.5) is 0 Å². The Hall–Kier alpha value is -0.380. The van der Waals surface area contributed by atoms with Crippen molar-refractivity contribution in [2.24, 2.45) is 5.92 Å². The highest BCUT2D eigenvalue weighted by Crippen LogP contribution is 2.24. The van der Waals surface area contributed by atoms with Crippen molar-refractivity contribution in [3.63, 3.8) is 0 Å². The van der Waals surface area contributed by atoms with Crippen LogP contribution < -0.4 is 5.32 Å². The highest BCUT2D eigenvalue weighted by Gasteiger charge is 2.19. The number of nitrogens with one attached hydrogen (secondary N) is 1. The topological polar surface area (TPSA) is 21.3 Å². The van der Waals surface area contributed by atoms with Gasteiger partial charge in [0.15, 0.2) is 0 Å². The lowest BCUT2D eigenvalue weighted by atomic mass is 9.90. The maximum Gasteiger partial charge on any atom is 0.0622 e. The van der Waals surface area contributed by atoms with Gasteiger partial charge in [0, 0.05) is 11.6 Å². The third-order valence-electron chi connectivity index (χ3n) is 3.67. The van der Waals surface area contributed by atoms with Crippen molar-refractivity contribution in [2.75, 3.05) is 20.7 Å². The van der Waals surface area contributed by atoms with Gasteiger partial charge in [0.05, 0.1) is 5.60 Å². The van der Waals surface area contributed by atoms with E-state index in [1.165, 1.54) is 16.5 Å². The number of hydrogen-bond donors (Lipinski definition) is 1. The third-order valence-corrected chi connectivity index (χ3v) is 4.44. The Morgan fingerprint density at radius 1 is 1.32 bits per heavy atom. The van der Waals surface area contributed by atoms with E-state index in [1.807, 2.05) is 7.05 Å². The van der Waals surface area contributed by atoms with Crippen LogP contribution in [0.1, 0.15) is 32.3 Å². The predicted molar refractivity (Wildman–Crippen MR) is 85.6 cm³/mol. The van der Waals surface area contributed by atoms with Crippen LogP contribution >= 0.6 is 15.9 Å². The lowest BCUT2D eigenvalue weighted by Crippen LogP contribution is -2.27. The van der Waals surface area contributed by atoms with Crippen LogP contribution in [0.15, 0.2) is 28.7 Å². The minimum absolute atomic E-state index is 0.0279. The van der Waals surface area contributed by atoms with E-state index in [9.17, 15) is 0 Å². The van der Waals surface area contributed by atoms with Crippen molar-refractivity contribution in [2.45, 2.75) is 38.7 Å². The normalized spacial score (nSPS) is 13.5. The fraction of sp³-hybridized carbons (Fsp3) is 0.625. The Labute approximate surface area is 126 Å². The van der Waals surface area contributed by atoms with Gasteiger partial charge < -0.3 is 10.1 Å². The molecule has 108 valence electrons. The number of hydrogen-bond acceptors (Lipinski definition) is 2. The first-order valence-electron chi connectivity index (χ1n) is 6.91. The Balaban J connectivity index is 2.60. The van der Waals surface area contributed by atoms with Crippen molar-refractivity contribution in [1.29, 1.82) is 0 Å². The van der Waals surface area contributed by atoms with E-state index in [2.05, 4.69) is 59.4 Å². The molecule has 1 N–H and O–H groups in total. The molecule has 0 aliphatic heterocycles. The fourth-order valence-corrected chi connectivity index (χ4v) is 2.64. The Bertz CT molecular complexity index is 379. The van der Waals surface area contributed by atoms with Crippen molar-refractivity contribution >= 4 is 15.9 Å².